The highest BCUT2D eigenvalue weighted by Crippen LogP contribution is 2.60. The SMILES string of the molecule is CC/C(=N\NC(=O)[C@@H](C)Oc1cccc(Cl)c1)C12CC3CC(CC(C3)C1)C2. The van der Waals surface area contributed by atoms with Crippen molar-refractivity contribution in [2.45, 2.75) is 64.9 Å². The van der Waals surface area contributed by atoms with Crippen molar-refractivity contribution in [3.05, 3.63) is 29.3 Å². The van der Waals surface area contributed by atoms with Gasteiger partial charge in [0, 0.05) is 16.1 Å². The van der Waals surface area contributed by atoms with Gasteiger partial charge in [0.1, 0.15) is 5.75 Å². The van der Waals surface area contributed by atoms with E-state index in [1.165, 1.54) is 44.2 Å². The number of hydrogen-bond donors (Lipinski definition) is 1. The van der Waals surface area contributed by atoms with Gasteiger partial charge in [0.05, 0.1) is 0 Å². The van der Waals surface area contributed by atoms with Crippen LogP contribution in [0.25, 0.3) is 0 Å². The van der Waals surface area contributed by atoms with Crippen LogP contribution in [0.1, 0.15) is 58.8 Å². The van der Waals surface area contributed by atoms with Crippen LogP contribution >= 0.6 is 11.6 Å². The summed E-state index contributed by atoms with van der Waals surface area (Å²) in [6.45, 7) is 3.90. The Kier molecular flexibility index (Phi) is 5.19. The number of hydrazone groups is 1. The standard InChI is InChI=1S/C22H29ClN2O2/c1-3-20(22-11-15-7-16(12-22)9-17(8-15)13-22)24-25-21(26)14(2)27-19-6-4-5-18(23)10-19/h4-6,10,14-17H,3,7-9,11-13H2,1-2H3,(H,25,26)/b24-20+/t14-,15?,16?,17?,22?/m1/s1. The van der Waals surface area contributed by atoms with Crippen molar-refractivity contribution >= 4 is 23.2 Å². The molecule has 0 spiro atoms. The number of nitrogens with one attached hydrogen (secondary N) is 1. The summed E-state index contributed by atoms with van der Waals surface area (Å²) in [6, 6.07) is 7.10. The van der Waals surface area contributed by atoms with E-state index in [2.05, 4.69) is 17.5 Å². The van der Waals surface area contributed by atoms with Gasteiger partial charge in [0.25, 0.3) is 5.91 Å². The van der Waals surface area contributed by atoms with E-state index in [0.29, 0.717) is 10.8 Å². The third-order valence-corrected chi connectivity index (χ3v) is 7.00. The molecule has 1 N–H and O–H groups in total. The van der Waals surface area contributed by atoms with Gasteiger partial charge < -0.3 is 4.74 Å². The summed E-state index contributed by atoms with van der Waals surface area (Å²) in [5, 5.41) is 5.21. The minimum atomic E-state index is -0.623. The zero-order valence-electron chi connectivity index (χ0n) is 16.2. The first kappa shape index (κ1) is 18.8. The zero-order valence-corrected chi connectivity index (χ0v) is 17.0. The van der Waals surface area contributed by atoms with E-state index < -0.39 is 6.10 Å². The lowest BCUT2D eigenvalue weighted by Crippen LogP contribution is -2.50. The maximum absolute atomic E-state index is 12.5. The Labute approximate surface area is 166 Å². The second-order valence-electron chi connectivity index (χ2n) is 8.80. The summed E-state index contributed by atoms with van der Waals surface area (Å²) in [6.07, 6.45) is 8.28. The smallest absolute Gasteiger partial charge is 0.280 e. The molecule has 4 aliphatic rings. The Morgan fingerprint density at radius 2 is 1.89 bits per heavy atom. The first-order valence-electron chi connectivity index (χ1n) is 10.3. The van der Waals surface area contributed by atoms with E-state index in [4.69, 9.17) is 16.3 Å². The van der Waals surface area contributed by atoms with Crippen molar-refractivity contribution in [2.24, 2.45) is 28.3 Å². The number of benzene rings is 1. The van der Waals surface area contributed by atoms with Crippen molar-refractivity contribution in [3.8, 4) is 5.75 Å². The molecule has 4 bridgehead atoms. The van der Waals surface area contributed by atoms with Crippen LogP contribution in [0.3, 0.4) is 0 Å². The van der Waals surface area contributed by atoms with Crippen molar-refractivity contribution in [2.75, 3.05) is 0 Å². The summed E-state index contributed by atoms with van der Waals surface area (Å²) in [5.74, 6) is 2.98. The fraction of sp³-hybridized carbons (Fsp3) is 0.636. The molecule has 0 unspecified atom stereocenters. The Balaban J connectivity index is 1.42. The van der Waals surface area contributed by atoms with E-state index in [1.54, 1.807) is 25.1 Å². The Morgan fingerprint density at radius 1 is 1.26 bits per heavy atom. The molecule has 0 radical (unpaired) electrons. The number of carbonyl (C=O) groups is 1. The molecule has 4 aliphatic carbocycles. The highest BCUT2D eigenvalue weighted by Gasteiger charge is 2.52. The molecule has 4 nitrogen and oxygen atoms in total. The van der Waals surface area contributed by atoms with E-state index in [0.717, 1.165) is 24.2 Å². The van der Waals surface area contributed by atoms with Gasteiger partial charge in [-0.05, 0) is 87.8 Å². The molecule has 5 heteroatoms. The predicted octanol–water partition coefficient (Wildman–Crippen LogP) is 5.21. The molecule has 1 aromatic carbocycles. The van der Waals surface area contributed by atoms with Crippen LogP contribution < -0.4 is 10.2 Å². The molecule has 5 rings (SSSR count). The lowest BCUT2D eigenvalue weighted by Gasteiger charge is -2.57. The van der Waals surface area contributed by atoms with Crippen molar-refractivity contribution in [3.63, 3.8) is 0 Å². The molecule has 0 aromatic heterocycles. The Hall–Kier alpha value is -1.55. The van der Waals surface area contributed by atoms with Gasteiger partial charge in [-0.25, -0.2) is 5.43 Å². The lowest BCUT2D eigenvalue weighted by atomic mass is 9.48. The van der Waals surface area contributed by atoms with Crippen molar-refractivity contribution < 1.29 is 9.53 Å². The van der Waals surface area contributed by atoms with Crippen molar-refractivity contribution in [1.82, 2.24) is 5.43 Å². The van der Waals surface area contributed by atoms with E-state index >= 15 is 0 Å². The van der Waals surface area contributed by atoms with Gasteiger partial charge in [-0.3, -0.25) is 4.79 Å². The molecular formula is C22H29ClN2O2. The number of rotatable bonds is 6. The van der Waals surface area contributed by atoms with Gasteiger partial charge >= 0.3 is 0 Å². The van der Waals surface area contributed by atoms with Gasteiger partial charge in [0.15, 0.2) is 6.10 Å². The van der Waals surface area contributed by atoms with E-state index in [1.807, 2.05) is 6.07 Å². The van der Waals surface area contributed by atoms with Gasteiger partial charge in [-0.2, -0.15) is 5.10 Å². The third kappa shape index (κ3) is 3.87. The lowest BCUT2D eigenvalue weighted by molar-refractivity contribution is -0.127. The van der Waals surface area contributed by atoms with Crippen LogP contribution in [0, 0.1) is 23.2 Å². The van der Waals surface area contributed by atoms with Gasteiger partial charge in [-0.15, -0.1) is 0 Å². The number of amides is 1. The number of carbonyl (C=O) groups excluding carboxylic acids is 1. The highest BCUT2D eigenvalue weighted by atomic mass is 35.5. The van der Waals surface area contributed by atoms with Gasteiger partial charge in [-0.1, -0.05) is 24.6 Å². The van der Waals surface area contributed by atoms with Crippen LogP contribution in [0.5, 0.6) is 5.75 Å². The summed E-state index contributed by atoms with van der Waals surface area (Å²) < 4.78 is 5.71. The number of halogens is 1. The molecule has 27 heavy (non-hydrogen) atoms. The third-order valence-electron chi connectivity index (χ3n) is 6.76. The Morgan fingerprint density at radius 3 is 2.44 bits per heavy atom. The molecule has 0 saturated heterocycles. The molecule has 1 amide bonds. The molecule has 4 saturated carbocycles. The quantitative estimate of drug-likeness (QED) is 0.537. The normalized spacial score (nSPS) is 33.0. The summed E-state index contributed by atoms with van der Waals surface area (Å²) in [5.41, 5.74) is 4.20. The molecule has 1 aromatic rings. The maximum atomic E-state index is 12.5. The van der Waals surface area contributed by atoms with Crippen LogP contribution in [-0.4, -0.2) is 17.7 Å². The van der Waals surface area contributed by atoms with E-state index in [-0.39, 0.29) is 11.3 Å². The molecule has 1 atom stereocenters. The van der Waals surface area contributed by atoms with Crippen LogP contribution in [0.2, 0.25) is 5.02 Å². The molecular weight excluding hydrogens is 360 g/mol. The van der Waals surface area contributed by atoms with Crippen LogP contribution in [-0.2, 0) is 4.79 Å². The fourth-order valence-corrected chi connectivity index (χ4v) is 6.23. The molecule has 0 aliphatic heterocycles. The zero-order chi connectivity index (χ0) is 19.0. The molecule has 0 heterocycles. The number of nitrogens with zero attached hydrogens (tertiary/aromatic N) is 1. The van der Waals surface area contributed by atoms with Crippen LogP contribution in [0.15, 0.2) is 29.4 Å². The first-order valence-corrected chi connectivity index (χ1v) is 10.6. The topological polar surface area (TPSA) is 50.7 Å². The molecule has 4 fully saturated rings. The average molecular weight is 389 g/mol. The summed E-state index contributed by atoms with van der Waals surface area (Å²) in [4.78, 5) is 12.5. The van der Waals surface area contributed by atoms with Crippen LogP contribution in [0.4, 0.5) is 0 Å². The number of ether oxygens (including phenoxy) is 1. The average Bonchev–Trinajstić information content (AvgIpc) is 2.60. The first-order chi connectivity index (χ1) is 13.0. The van der Waals surface area contributed by atoms with E-state index in [9.17, 15) is 4.79 Å². The predicted molar refractivity (Wildman–Crippen MR) is 108 cm³/mol. The van der Waals surface area contributed by atoms with Gasteiger partial charge in [0.2, 0.25) is 0 Å². The summed E-state index contributed by atoms with van der Waals surface area (Å²) in [7, 11) is 0. The second kappa shape index (κ2) is 7.46. The maximum Gasteiger partial charge on any atom is 0.280 e. The second-order valence-corrected chi connectivity index (χ2v) is 9.24. The minimum absolute atomic E-state index is 0.217. The van der Waals surface area contributed by atoms with Crippen molar-refractivity contribution in [1.29, 1.82) is 0 Å². The monoisotopic (exact) mass is 388 g/mol. The Bertz CT molecular complexity index is 710. The highest BCUT2D eigenvalue weighted by molar-refractivity contribution is 6.30. The fourth-order valence-electron chi connectivity index (χ4n) is 6.05. The number of hydrogen-bond acceptors (Lipinski definition) is 3. The minimum Gasteiger partial charge on any atom is -0.481 e. The summed E-state index contributed by atoms with van der Waals surface area (Å²) >= 11 is 5.98. The molecule has 146 valence electrons. The largest absolute Gasteiger partial charge is 0.481 e.